The lowest BCUT2D eigenvalue weighted by Gasteiger charge is -2.36. The molecule has 3 rings (SSSR count). The minimum absolute atomic E-state index is 0.196. The van der Waals surface area contributed by atoms with Gasteiger partial charge in [0.1, 0.15) is 5.54 Å². The zero-order valence-electron chi connectivity index (χ0n) is 16.5. The molecule has 0 saturated heterocycles. The summed E-state index contributed by atoms with van der Waals surface area (Å²) in [6.45, 7) is 2.37. The number of unbranched alkanes of at least 4 members (excludes halogenated alkanes) is 1. The maximum absolute atomic E-state index is 12.9. The Balaban J connectivity index is 1.83. The Bertz CT molecular complexity index is 812. The van der Waals surface area contributed by atoms with E-state index in [1.54, 1.807) is 13.1 Å². The molecular formula is C21H27N3O4. The summed E-state index contributed by atoms with van der Waals surface area (Å²) in [5.41, 5.74) is -0.0513. The average molecular weight is 385 g/mol. The monoisotopic (exact) mass is 385 g/mol. The Morgan fingerprint density at radius 2 is 1.75 bits per heavy atom. The molecule has 4 amide bonds. The first-order valence-electron chi connectivity index (χ1n) is 9.98. The van der Waals surface area contributed by atoms with Crippen LogP contribution in [0.3, 0.4) is 0 Å². The standard InChI is InChI=1S/C21H27N3O4/c1-3-4-12-24-18(26)15-9-8-14(13-16(15)19(24)27)17(25)23-21(20(28)22-2)10-6-5-7-11-21/h8-9,13H,3-7,10-12H2,1-2H3,(H,22,28)(H,23,25). The summed E-state index contributed by atoms with van der Waals surface area (Å²) in [6.07, 6.45) is 5.58. The highest BCUT2D eigenvalue weighted by atomic mass is 16.2. The molecule has 0 unspecified atom stereocenters. The van der Waals surface area contributed by atoms with Gasteiger partial charge < -0.3 is 10.6 Å². The quantitative estimate of drug-likeness (QED) is 0.734. The Hall–Kier alpha value is -2.70. The van der Waals surface area contributed by atoms with Crippen molar-refractivity contribution in [3.05, 3.63) is 34.9 Å². The van der Waals surface area contributed by atoms with E-state index >= 15 is 0 Å². The van der Waals surface area contributed by atoms with Crippen molar-refractivity contribution in [3.63, 3.8) is 0 Å². The van der Waals surface area contributed by atoms with Crippen molar-refractivity contribution in [2.75, 3.05) is 13.6 Å². The lowest BCUT2D eigenvalue weighted by molar-refractivity contribution is -0.128. The third kappa shape index (κ3) is 3.53. The molecule has 1 fully saturated rings. The molecule has 0 bridgehead atoms. The predicted octanol–water partition coefficient (Wildman–Crippen LogP) is 2.26. The normalized spacial score (nSPS) is 18.0. The van der Waals surface area contributed by atoms with Crippen LogP contribution in [-0.2, 0) is 4.79 Å². The molecule has 0 aromatic heterocycles. The van der Waals surface area contributed by atoms with E-state index in [1.807, 2.05) is 6.92 Å². The molecule has 1 aromatic rings. The van der Waals surface area contributed by atoms with E-state index in [0.29, 0.717) is 24.9 Å². The van der Waals surface area contributed by atoms with E-state index < -0.39 is 11.4 Å². The molecular weight excluding hydrogens is 358 g/mol. The molecule has 7 heteroatoms. The highest BCUT2D eigenvalue weighted by Crippen LogP contribution is 2.30. The fraction of sp³-hybridized carbons (Fsp3) is 0.524. The molecule has 0 atom stereocenters. The number of imide groups is 1. The minimum Gasteiger partial charge on any atom is -0.357 e. The Morgan fingerprint density at radius 1 is 1.07 bits per heavy atom. The number of nitrogens with one attached hydrogen (secondary N) is 2. The van der Waals surface area contributed by atoms with Crippen LogP contribution in [0.4, 0.5) is 0 Å². The van der Waals surface area contributed by atoms with Gasteiger partial charge in [0.2, 0.25) is 5.91 Å². The largest absolute Gasteiger partial charge is 0.357 e. The van der Waals surface area contributed by atoms with Gasteiger partial charge >= 0.3 is 0 Å². The van der Waals surface area contributed by atoms with Crippen molar-refractivity contribution in [3.8, 4) is 0 Å². The predicted molar refractivity (Wildman–Crippen MR) is 104 cm³/mol. The van der Waals surface area contributed by atoms with Gasteiger partial charge in [-0.25, -0.2) is 0 Å². The lowest BCUT2D eigenvalue weighted by Crippen LogP contribution is -2.59. The van der Waals surface area contributed by atoms with E-state index in [0.717, 1.165) is 32.1 Å². The Labute approximate surface area is 164 Å². The number of hydrogen-bond acceptors (Lipinski definition) is 4. The molecule has 0 radical (unpaired) electrons. The summed E-state index contributed by atoms with van der Waals surface area (Å²) >= 11 is 0. The van der Waals surface area contributed by atoms with Crippen molar-refractivity contribution in [2.45, 2.75) is 57.4 Å². The van der Waals surface area contributed by atoms with Crippen LogP contribution in [0.25, 0.3) is 0 Å². The van der Waals surface area contributed by atoms with E-state index in [2.05, 4.69) is 10.6 Å². The van der Waals surface area contributed by atoms with Gasteiger partial charge in [0.05, 0.1) is 11.1 Å². The highest BCUT2D eigenvalue weighted by Gasteiger charge is 2.41. The van der Waals surface area contributed by atoms with E-state index in [1.165, 1.54) is 17.0 Å². The number of hydrogen-bond donors (Lipinski definition) is 2. The Kier molecular flexibility index (Phi) is 5.82. The summed E-state index contributed by atoms with van der Waals surface area (Å²) in [6, 6.07) is 4.55. The number of carbonyl (C=O) groups is 4. The van der Waals surface area contributed by atoms with Gasteiger partial charge in [-0.1, -0.05) is 32.6 Å². The number of nitrogens with zero attached hydrogens (tertiary/aromatic N) is 1. The number of carbonyl (C=O) groups excluding carboxylic acids is 4. The molecule has 1 heterocycles. The fourth-order valence-electron chi connectivity index (χ4n) is 4.04. The van der Waals surface area contributed by atoms with E-state index in [4.69, 9.17) is 0 Å². The topological polar surface area (TPSA) is 95.6 Å². The number of fused-ring (bicyclic) bond motifs is 1. The summed E-state index contributed by atoms with van der Waals surface area (Å²) in [7, 11) is 1.56. The van der Waals surface area contributed by atoms with Gasteiger partial charge in [-0.15, -0.1) is 0 Å². The second kappa shape index (κ2) is 8.12. The Morgan fingerprint density at radius 3 is 2.39 bits per heavy atom. The lowest BCUT2D eigenvalue weighted by atomic mass is 9.80. The van der Waals surface area contributed by atoms with Gasteiger partial charge in [0.25, 0.3) is 17.7 Å². The average Bonchev–Trinajstić information content (AvgIpc) is 2.96. The van der Waals surface area contributed by atoms with Crippen LogP contribution < -0.4 is 10.6 Å². The first kappa shape index (κ1) is 20.0. The number of likely N-dealkylation sites (N-methyl/N-ethyl adjacent to an activating group) is 1. The van der Waals surface area contributed by atoms with E-state index in [-0.39, 0.29) is 28.8 Å². The molecule has 0 spiro atoms. The van der Waals surface area contributed by atoms with Crippen LogP contribution >= 0.6 is 0 Å². The van der Waals surface area contributed by atoms with Crippen molar-refractivity contribution in [2.24, 2.45) is 0 Å². The van der Waals surface area contributed by atoms with Crippen LogP contribution in [0.15, 0.2) is 18.2 Å². The van der Waals surface area contributed by atoms with E-state index in [9.17, 15) is 19.2 Å². The molecule has 1 saturated carbocycles. The molecule has 1 aromatic carbocycles. The maximum atomic E-state index is 12.9. The molecule has 1 aliphatic heterocycles. The molecule has 1 aliphatic carbocycles. The highest BCUT2D eigenvalue weighted by molar-refractivity contribution is 6.22. The fourth-order valence-corrected chi connectivity index (χ4v) is 4.04. The molecule has 7 nitrogen and oxygen atoms in total. The van der Waals surface area contributed by atoms with Crippen molar-refractivity contribution >= 4 is 23.6 Å². The first-order valence-corrected chi connectivity index (χ1v) is 9.98. The summed E-state index contributed by atoms with van der Waals surface area (Å²) in [5.74, 6) is -1.27. The number of rotatable bonds is 6. The van der Waals surface area contributed by atoms with Crippen LogP contribution in [-0.4, -0.2) is 47.7 Å². The van der Waals surface area contributed by atoms with Crippen LogP contribution in [0.5, 0.6) is 0 Å². The van der Waals surface area contributed by atoms with Crippen molar-refractivity contribution < 1.29 is 19.2 Å². The van der Waals surface area contributed by atoms with Crippen LogP contribution in [0.2, 0.25) is 0 Å². The molecule has 28 heavy (non-hydrogen) atoms. The maximum Gasteiger partial charge on any atom is 0.261 e. The second-order valence-corrected chi connectivity index (χ2v) is 7.55. The van der Waals surface area contributed by atoms with Crippen molar-refractivity contribution in [1.82, 2.24) is 15.5 Å². The second-order valence-electron chi connectivity index (χ2n) is 7.55. The van der Waals surface area contributed by atoms with Crippen LogP contribution in [0, 0.1) is 0 Å². The zero-order valence-corrected chi connectivity index (χ0v) is 16.5. The smallest absolute Gasteiger partial charge is 0.261 e. The summed E-state index contributed by atoms with van der Waals surface area (Å²) in [5, 5.41) is 5.55. The molecule has 2 aliphatic rings. The zero-order chi connectivity index (χ0) is 20.3. The third-order valence-electron chi connectivity index (χ3n) is 5.69. The van der Waals surface area contributed by atoms with Gasteiger partial charge in [-0.3, -0.25) is 24.1 Å². The van der Waals surface area contributed by atoms with Crippen molar-refractivity contribution in [1.29, 1.82) is 0 Å². The van der Waals surface area contributed by atoms with Gasteiger partial charge in [0.15, 0.2) is 0 Å². The third-order valence-corrected chi connectivity index (χ3v) is 5.69. The van der Waals surface area contributed by atoms with Gasteiger partial charge in [0, 0.05) is 19.2 Å². The SMILES string of the molecule is CCCCN1C(=O)c2ccc(C(=O)NC3(C(=O)NC)CCCCC3)cc2C1=O. The molecule has 150 valence electrons. The first-order chi connectivity index (χ1) is 13.4. The summed E-state index contributed by atoms with van der Waals surface area (Å²) in [4.78, 5) is 51.6. The van der Waals surface area contributed by atoms with Gasteiger partial charge in [-0.05, 0) is 37.5 Å². The summed E-state index contributed by atoms with van der Waals surface area (Å²) < 4.78 is 0. The number of benzene rings is 1. The van der Waals surface area contributed by atoms with Gasteiger partial charge in [-0.2, -0.15) is 0 Å². The number of amides is 4. The van der Waals surface area contributed by atoms with Crippen LogP contribution in [0.1, 0.15) is 82.9 Å². The minimum atomic E-state index is -0.921. The molecule has 2 N–H and O–H groups in total.